The number of carbonyl (C=O) groups is 1. The highest BCUT2D eigenvalue weighted by atomic mass is 28.3. The van der Waals surface area contributed by atoms with Crippen molar-refractivity contribution >= 4 is 14.0 Å². The molecule has 1 aromatic heterocycles. The minimum atomic E-state index is -1.07. The first-order valence-electron chi connectivity index (χ1n) is 8.33. The van der Waals surface area contributed by atoms with Gasteiger partial charge in [0.25, 0.3) is 0 Å². The van der Waals surface area contributed by atoms with E-state index in [1.807, 2.05) is 12.1 Å². The molecule has 0 aliphatic carbocycles. The normalized spacial score (nSPS) is 11.3. The van der Waals surface area contributed by atoms with Crippen molar-refractivity contribution in [3.05, 3.63) is 59.8 Å². The maximum atomic E-state index is 12.0. The van der Waals surface area contributed by atoms with Crippen LogP contribution in [0.25, 0.3) is 0 Å². The predicted octanol–water partition coefficient (Wildman–Crippen LogP) is 4.13. The molecule has 2 aromatic rings. The van der Waals surface area contributed by atoms with Gasteiger partial charge in [0.05, 0.1) is 17.9 Å². The molecule has 0 aliphatic rings. The van der Waals surface area contributed by atoms with Gasteiger partial charge in [0.15, 0.2) is 0 Å². The maximum Gasteiger partial charge on any atom is 0.344 e. The summed E-state index contributed by atoms with van der Waals surface area (Å²) in [4.78, 5) is 16.3. The molecule has 0 spiro atoms. The third-order valence-electron chi connectivity index (χ3n) is 3.40. The Labute approximate surface area is 150 Å². The lowest BCUT2D eigenvalue weighted by Crippen LogP contribution is -2.22. The summed E-state index contributed by atoms with van der Waals surface area (Å²) in [6.07, 6.45) is 0. The molecule has 6 heteroatoms. The van der Waals surface area contributed by atoms with Crippen LogP contribution >= 0.6 is 0 Å². The molecule has 0 saturated carbocycles. The van der Waals surface area contributed by atoms with Crippen LogP contribution in [0.2, 0.25) is 25.7 Å². The van der Waals surface area contributed by atoms with E-state index < -0.39 is 14.0 Å². The molecule has 0 amide bonds. The summed E-state index contributed by atoms with van der Waals surface area (Å²) in [5.41, 5.74) is 1.17. The summed E-state index contributed by atoms with van der Waals surface area (Å²) in [5.74, 6) is -0.171. The molecular formula is C19H25NO4Si. The van der Waals surface area contributed by atoms with Gasteiger partial charge in [-0.05, 0) is 24.2 Å². The minimum Gasteiger partial charge on any atom is -0.404 e. The number of pyridine rings is 1. The number of aromatic nitrogens is 1. The third kappa shape index (κ3) is 7.60. The molecule has 0 unspecified atom stereocenters. The molecule has 134 valence electrons. The smallest absolute Gasteiger partial charge is 0.344 e. The molecule has 0 aliphatic heterocycles. The average molecular weight is 359 g/mol. The van der Waals surface area contributed by atoms with Gasteiger partial charge >= 0.3 is 5.97 Å². The van der Waals surface area contributed by atoms with Gasteiger partial charge in [0, 0.05) is 20.7 Å². The summed E-state index contributed by atoms with van der Waals surface area (Å²) < 4.78 is 16.2. The van der Waals surface area contributed by atoms with Crippen molar-refractivity contribution in [2.24, 2.45) is 0 Å². The summed E-state index contributed by atoms with van der Waals surface area (Å²) in [7, 11) is -1.07. The van der Waals surface area contributed by atoms with E-state index in [1.54, 1.807) is 36.4 Å². The monoisotopic (exact) mass is 359 g/mol. The van der Waals surface area contributed by atoms with E-state index in [-0.39, 0.29) is 12.7 Å². The Bertz CT molecular complexity index is 671. The Hall–Kier alpha value is -2.02. The molecule has 25 heavy (non-hydrogen) atoms. The van der Waals surface area contributed by atoms with Gasteiger partial charge in [0.2, 0.25) is 5.88 Å². The van der Waals surface area contributed by atoms with Crippen molar-refractivity contribution in [1.82, 2.24) is 4.98 Å². The van der Waals surface area contributed by atoms with Crippen molar-refractivity contribution in [3.63, 3.8) is 0 Å². The molecule has 0 bridgehead atoms. The fourth-order valence-corrected chi connectivity index (χ4v) is 2.72. The maximum absolute atomic E-state index is 12.0. The third-order valence-corrected chi connectivity index (χ3v) is 5.11. The number of benzene rings is 1. The number of hydrogen-bond donors (Lipinski definition) is 0. The summed E-state index contributed by atoms with van der Waals surface area (Å²) in [6.45, 7) is 8.19. The van der Waals surface area contributed by atoms with Crippen LogP contribution in [0.3, 0.4) is 0 Å². The van der Waals surface area contributed by atoms with Crippen LogP contribution in [0.1, 0.15) is 16.1 Å². The standard InChI is InChI=1S/C19H25NO4Si/c1-25(2,3)13-12-22-15-23-14-17-10-7-11-18(20-17)24-19(21)16-8-5-4-6-9-16/h4-11H,12-15H2,1-3H3. The van der Waals surface area contributed by atoms with E-state index in [1.165, 1.54) is 0 Å². The van der Waals surface area contributed by atoms with Crippen LogP contribution in [-0.2, 0) is 16.1 Å². The van der Waals surface area contributed by atoms with Gasteiger partial charge in [-0.25, -0.2) is 9.78 Å². The molecule has 0 radical (unpaired) electrons. The Morgan fingerprint density at radius 3 is 2.48 bits per heavy atom. The van der Waals surface area contributed by atoms with E-state index in [2.05, 4.69) is 24.6 Å². The zero-order chi connectivity index (χ0) is 18.1. The predicted molar refractivity (Wildman–Crippen MR) is 99.4 cm³/mol. The van der Waals surface area contributed by atoms with Crippen LogP contribution in [0.4, 0.5) is 0 Å². The number of carbonyl (C=O) groups excluding carboxylic acids is 1. The summed E-state index contributed by atoms with van der Waals surface area (Å²) >= 11 is 0. The number of ether oxygens (including phenoxy) is 3. The van der Waals surface area contributed by atoms with Crippen LogP contribution in [0.5, 0.6) is 5.88 Å². The highest BCUT2D eigenvalue weighted by molar-refractivity contribution is 6.76. The molecule has 5 nitrogen and oxygen atoms in total. The first-order valence-corrected chi connectivity index (χ1v) is 12.0. The lowest BCUT2D eigenvalue weighted by molar-refractivity contribution is -0.0583. The first kappa shape index (κ1) is 19.3. The van der Waals surface area contributed by atoms with Gasteiger partial charge in [0.1, 0.15) is 6.79 Å². The lowest BCUT2D eigenvalue weighted by atomic mass is 10.2. The number of nitrogens with zero attached hydrogens (tertiary/aromatic N) is 1. The Balaban J connectivity index is 1.76. The van der Waals surface area contributed by atoms with Gasteiger partial charge in [-0.1, -0.05) is 43.9 Å². The second kappa shape index (κ2) is 9.46. The van der Waals surface area contributed by atoms with E-state index in [4.69, 9.17) is 14.2 Å². The SMILES string of the molecule is C[Si](C)(C)CCOCOCc1cccc(OC(=O)c2ccccc2)n1. The minimum absolute atomic E-state index is 0.236. The Morgan fingerprint density at radius 1 is 1.00 bits per heavy atom. The van der Waals surface area contributed by atoms with E-state index in [0.717, 1.165) is 12.7 Å². The largest absolute Gasteiger partial charge is 0.404 e. The van der Waals surface area contributed by atoms with E-state index in [0.29, 0.717) is 17.9 Å². The van der Waals surface area contributed by atoms with Crippen molar-refractivity contribution in [2.75, 3.05) is 13.4 Å². The van der Waals surface area contributed by atoms with Gasteiger partial charge < -0.3 is 14.2 Å². The first-order chi connectivity index (χ1) is 11.9. The van der Waals surface area contributed by atoms with Crippen LogP contribution in [0, 0.1) is 0 Å². The Morgan fingerprint density at radius 2 is 1.76 bits per heavy atom. The molecular weight excluding hydrogens is 334 g/mol. The highest BCUT2D eigenvalue weighted by Crippen LogP contribution is 2.12. The zero-order valence-electron chi connectivity index (χ0n) is 15.0. The summed E-state index contributed by atoms with van der Waals surface area (Å²) in [5, 5.41) is 0. The molecule has 0 N–H and O–H groups in total. The second-order valence-electron chi connectivity index (χ2n) is 6.91. The van der Waals surface area contributed by atoms with E-state index >= 15 is 0 Å². The molecule has 0 atom stereocenters. The number of esters is 1. The van der Waals surface area contributed by atoms with Gasteiger partial charge in [-0.15, -0.1) is 0 Å². The molecule has 2 rings (SSSR count). The van der Waals surface area contributed by atoms with Crippen molar-refractivity contribution in [2.45, 2.75) is 32.3 Å². The zero-order valence-corrected chi connectivity index (χ0v) is 16.0. The van der Waals surface area contributed by atoms with E-state index in [9.17, 15) is 4.79 Å². The Kier molecular flexibility index (Phi) is 7.30. The molecule has 0 saturated heterocycles. The summed E-state index contributed by atoms with van der Waals surface area (Å²) in [6, 6.07) is 15.2. The lowest BCUT2D eigenvalue weighted by Gasteiger charge is -2.15. The van der Waals surface area contributed by atoms with Crippen molar-refractivity contribution in [3.8, 4) is 5.88 Å². The van der Waals surface area contributed by atoms with Crippen LogP contribution in [0.15, 0.2) is 48.5 Å². The van der Waals surface area contributed by atoms with Crippen LogP contribution < -0.4 is 4.74 Å². The molecule has 1 aromatic carbocycles. The van der Waals surface area contributed by atoms with Gasteiger partial charge in [-0.2, -0.15) is 0 Å². The topological polar surface area (TPSA) is 57.7 Å². The van der Waals surface area contributed by atoms with Gasteiger partial charge in [-0.3, -0.25) is 0 Å². The number of hydrogen-bond acceptors (Lipinski definition) is 5. The quantitative estimate of drug-likeness (QED) is 0.292. The average Bonchev–Trinajstić information content (AvgIpc) is 2.58. The van der Waals surface area contributed by atoms with Crippen molar-refractivity contribution < 1.29 is 19.0 Å². The molecule has 1 heterocycles. The highest BCUT2D eigenvalue weighted by Gasteiger charge is 2.12. The van der Waals surface area contributed by atoms with Crippen LogP contribution in [-0.4, -0.2) is 32.4 Å². The fraction of sp³-hybridized carbons (Fsp3) is 0.368. The van der Waals surface area contributed by atoms with Crippen molar-refractivity contribution in [1.29, 1.82) is 0 Å². The fourth-order valence-electron chi connectivity index (χ4n) is 1.97. The second-order valence-corrected chi connectivity index (χ2v) is 12.5. The molecule has 0 fully saturated rings. The number of rotatable bonds is 9.